The van der Waals surface area contributed by atoms with Crippen LogP contribution in [0.3, 0.4) is 0 Å². The molecule has 2 rings (SSSR count). The predicted octanol–water partition coefficient (Wildman–Crippen LogP) is 2.21. The number of pyridine rings is 1. The summed E-state index contributed by atoms with van der Waals surface area (Å²) in [5.41, 5.74) is 0.948. The Kier molecular flexibility index (Phi) is 4.85. The number of carbonyl (C=O) groups excluding carboxylic acids is 1. The van der Waals surface area contributed by atoms with Gasteiger partial charge in [-0.05, 0) is 30.3 Å². The fourth-order valence-electron chi connectivity index (χ4n) is 1.56. The second kappa shape index (κ2) is 7.03. The minimum atomic E-state index is -0.541. The van der Waals surface area contributed by atoms with Gasteiger partial charge < -0.3 is 10.4 Å². The van der Waals surface area contributed by atoms with Gasteiger partial charge in [0, 0.05) is 17.4 Å². The molecule has 1 heterocycles. The number of benzene rings is 1. The summed E-state index contributed by atoms with van der Waals surface area (Å²) in [6, 6.07) is 8.23. The van der Waals surface area contributed by atoms with E-state index in [1.54, 1.807) is 18.2 Å². The van der Waals surface area contributed by atoms with E-state index < -0.39 is 11.8 Å². The number of carbonyl (C=O) groups is 1. The summed E-state index contributed by atoms with van der Waals surface area (Å²) in [4.78, 5) is 15.7. The molecule has 2 amide bonds. The Hall–Kier alpha value is -2.91. The van der Waals surface area contributed by atoms with Gasteiger partial charge in [-0.3, -0.25) is 5.32 Å². The second-order valence-electron chi connectivity index (χ2n) is 3.98. The van der Waals surface area contributed by atoms with Crippen molar-refractivity contribution in [2.75, 3.05) is 17.2 Å². The summed E-state index contributed by atoms with van der Waals surface area (Å²) in [7, 11) is 0. The number of nitrogens with one attached hydrogen (secondary N) is 2. The SMILES string of the molecule is O=C(Nc1cccc(F)c1)Nc1cc(C#CCO)ccn1. The van der Waals surface area contributed by atoms with Gasteiger partial charge in [-0.15, -0.1) is 0 Å². The van der Waals surface area contributed by atoms with Crippen molar-refractivity contribution in [1.82, 2.24) is 4.98 Å². The molecule has 0 radical (unpaired) electrons. The molecular formula is C15H12FN3O2. The zero-order valence-electron chi connectivity index (χ0n) is 10.9. The summed E-state index contributed by atoms with van der Waals surface area (Å²) < 4.78 is 13.0. The fourth-order valence-corrected chi connectivity index (χ4v) is 1.56. The molecule has 0 spiro atoms. The summed E-state index contributed by atoms with van der Waals surface area (Å²) in [6.07, 6.45) is 1.49. The van der Waals surface area contributed by atoms with Gasteiger partial charge in [0.05, 0.1) is 0 Å². The molecule has 2 aromatic rings. The standard InChI is InChI=1S/C15H12FN3O2/c16-12-4-1-5-13(10-12)18-15(21)19-14-9-11(3-2-8-20)6-7-17-14/h1,4-7,9-10,20H,8H2,(H2,17,18,19,21). The van der Waals surface area contributed by atoms with Crippen molar-refractivity contribution >= 4 is 17.5 Å². The van der Waals surface area contributed by atoms with Crippen molar-refractivity contribution in [1.29, 1.82) is 0 Å². The van der Waals surface area contributed by atoms with Gasteiger partial charge in [-0.1, -0.05) is 17.9 Å². The lowest BCUT2D eigenvalue weighted by Gasteiger charge is -2.07. The molecule has 6 heteroatoms. The fraction of sp³-hybridized carbons (Fsp3) is 0.0667. The molecule has 1 aromatic carbocycles. The Bertz CT molecular complexity index is 707. The lowest BCUT2D eigenvalue weighted by molar-refractivity contribution is 0.262. The van der Waals surface area contributed by atoms with Gasteiger partial charge in [0.25, 0.3) is 0 Å². The zero-order chi connectivity index (χ0) is 15.1. The third kappa shape index (κ3) is 4.60. The maximum atomic E-state index is 13.0. The average molecular weight is 285 g/mol. The third-order valence-electron chi connectivity index (χ3n) is 2.40. The first kappa shape index (κ1) is 14.5. The molecule has 0 fully saturated rings. The molecule has 0 aliphatic heterocycles. The first-order valence-corrected chi connectivity index (χ1v) is 6.07. The third-order valence-corrected chi connectivity index (χ3v) is 2.40. The van der Waals surface area contributed by atoms with Crippen LogP contribution in [0.15, 0.2) is 42.6 Å². The van der Waals surface area contributed by atoms with E-state index in [-0.39, 0.29) is 6.61 Å². The van der Waals surface area contributed by atoms with Gasteiger partial charge in [0.1, 0.15) is 18.2 Å². The normalized spacial score (nSPS) is 9.43. The molecule has 0 saturated heterocycles. The van der Waals surface area contributed by atoms with Crippen LogP contribution in [-0.2, 0) is 0 Å². The Morgan fingerprint density at radius 1 is 1.29 bits per heavy atom. The van der Waals surface area contributed by atoms with Crippen LogP contribution in [0.5, 0.6) is 0 Å². The molecule has 5 nitrogen and oxygen atoms in total. The van der Waals surface area contributed by atoms with E-state index in [0.29, 0.717) is 17.1 Å². The van der Waals surface area contributed by atoms with Crippen LogP contribution in [-0.4, -0.2) is 22.7 Å². The molecule has 106 valence electrons. The van der Waals surface area contributed by atoms with E-state index in [1.165, 1.54) is 24.4 Å². The summed E-state index contributed by atoms with van der Waals surface area (Å²) in [6.45, 7) is -0.245. The first-order valence-electron chi connectivity index (χ1n) is 6.07. The molecule has 21 heavy (non-hydrogen) atoms. The lowest BCUT2D eigenvalue weighted by Crippen LogP contribution is -2.20. The minimum Gasteiger partial charge on any atom is -0.384 e. The van der Waals surface area contributed by atoms with Crippen molar-refractivity contribution in [2.24, 2.45) is 0 Å². The van der Waals surface area contributed by atoms with E-state index in [9.17, 15) is 9.18 Å². The van der Waals surface area contributed by atoms with Gasteiger partial charge >= 0.3 is 6.03 Å². The van der Waals surface area contributed by atoms with Crippen molar-refractivity contribution in [3.63, 3.8) is 0 Å². The highest BCUT2D eigenvalue weighted by molar-refractivity contribution is 5.99. The molecule has 0 aliphatic rings. The first-order chi connectivity index (χ1) is 10.2. The number of halogens is 1. The molecular weight excluding hydrogens is 273 g/mol. The monoisotopic (exact) mass is 285 g/mol. The molecule has 0 aliphatic carbocycles. The van der Waals surface area contributed by atoms with Crippen molar-refractivity contribution in [2.45, 2.75) is 0 Å². The maximum absolute atomic E-state index is 13.0. The van der Waals surface area contributed by atoms with E-state index in [0.717, 1.165) is 0 Å². The molecule has 0 bridgehead atoms. The number of amides is 2. The molecule has 3 N–H and O–H groups in total. The van der Waals surface area contributed by atoms with Gasteiger partial charge in [0.15, 0.2) is 0 Å². The number of aliphatic hydroxyl groups excluding tert-OH is 1. The van der Waals surface area contributed by atoms with Gasteiger partial charge in [-0.25, -0.2) is 14.2 Å². The Balaban J connectivity index is 2.02. The van der Waals surface area contributed by atoms with E-state index in [2.05, 4.69) is 27.5 Å². The van der Waals surface area contributed by atoms with Crippen LogP contribution >= 0.6 is 0 Å². The second-order valence-corrected chi connectivity index (χ2v) is 3.98. The highest BCUT2D eigenvalue weighted by Crippen LogP contribution is 2.10. The van der Waals surface area contributed by atoms with E-state index >= 15 is 0 Å². The number of aliphatic hydroxyl groups is 1. The van der Waals surface area contributed by atoms with Crippen LogP contribution in [0.25, 0.3) is 0 Å². The topological polar surface area (TPSA) is 74.2 Å². The zero-order valence-corrected chi connectivity index (χ0v) is 10.9. The molecule has 1 aromatic heterocycles. The molecule has 0 atom stereocenters. The number of nitrogens with zero attached hydrogens (tertiary/aromatic N) is 1. The quantitative estimate of drug-likeness (QED) is 0.741. The molecule has 0 saturated carbocycles. The number of hydrogen-bond donors (Lipinski definition) is 3. The van der Waals surface area contributed by atoms with Gasteiger partial charge in [-0.2, -0.15) is 0 Å². The lowest BCUT2D eigenvalue weighted by atomic mass is 10.2. The number of hydrogen-bond acceptors (Lipinski definition) is 3. The average Bonchev–Trinajstić information content (AvgIpc) is 2.45. The summed E-state index contributed by atoms with van der Waals surface area (Å²) in [5, 5.41) is 13.6. The van der Waals surface area contributed by atoms with Crippen molar-refractivity contribution in [3.8, 4) is 11.8 Å². The van der Waals surface area contributed by atoms with Gasteiger partial charge in [0.2, 0.25) is 0 Å². The number of rotatable bonds is 2. The molecule has 0 unspecified atom stereocenters. The Labute approximate surface area is 120 Å². The van der Waals surface area contributed by atoms with Crippen LogP contribution in [0, 0.1) is 17.7 Å². The maximum Gasteiger partial charge on any atom is 0.324 e. The number of anilines is 2. The van der Waals surface area contributed by atoms with E-state index in [1.807, 2.05) is 0 Å². The van der Waals surface area contributed by atoms with Crippen LogP contribution < -0.4 is 10.6 Å². The summed E-state index contributed by atoms with van der Waals surface area (Å²) >= 11 is 0. The van der Waals surface area contributed by atoms with Crippen molar-refractivity contribution in [3.05, 3.63) is 54.0 Å². The predicted molar refractivity (Wildman–Crippen MR) is 77.2 cm³/mol. The Morgan fingerprint density at radius 2 is 2.14 bits per heavy atom. The van der Waals surface area contributed by atoms with Crippen LogP contribution in [0.1, 0.15) is 5.56 Å². The largest absolute Gasteiger partial charge is 0.384 e. The Morgan fingerprint density at radius 3 is 2.90 bits per heavy atom. The highest BCUT2D eigenvalue weighted by atomic mass is 19.1. The smallest absolute Gasteiger partial charge is 0.324 e. The minimum absolute atomic E-state index is 0.245. The number of urea groups is 1. The summed E-state index contributed by atoms with van der Waals surface area (Å²) in [5.74, 6) is 5.06. The van der Waals surface area contributed by atoms with Crippen LogP contribution in [0.2, 0.25) is 0 Å². The van der Waals surface area contributed by atoms with E-state index in [4.69, 9.17) is 5.11 Å². The number of aromatic nitrogens is 1. The highest BCUT2D eigenvalue weighted by Gasteiger charge is 2.04. The van der Waals surface area contributed by atoms with Crippen LogP contribution in [0.4, 0.5) is 20.7 Å². The van der Waals surface area contributed by atoms with Crippen molar-refractivity contribution < 1.29 is 14.3 Å².